The molecule has 3 rings (SSSR count). The summed E-state index contributed by atoms with van der Waals surface area (Å²) in [5.41, 5.74) is 2.10. The molecule has 0 aromatic heterocycles. The highest BCUT2D eigenvalue weighted by Gasteiger charge is 2.20. The van der Waals surface area contributed by atoms with Gasteiger partial charge in [0.25, 0.3) is 0 Å². The van der Waals surface area contributed by atoms with Gasteiger partial charge in [-0.2, -0.15) is 0 Å². The molecular formula is C13H8Cl2O. The van der Waals surface area contributed by atoms with Crippen LogP contribution >= 0.6 is 23.2 Å². The van der Waals surface area contributed by atoms with Crippen molar-refractivity contribution >= 4 is 23.2 Å². The average molecular weight is 251 g/mol. The summed E-state index contributed by atoms with van der Waals surface area (Å²) in [5, 5.41) is 1.16. The van der Waals surface area contributed by atoms with Gasteiger partial charge in [-0.3, -0.25) is 0 Å². The van der Waals surface area contributed by atoms with Crippen molar-refractivity contribution in [3.05, 3.63) is 57.6 Å². The van der Waals surface area contributed by atoms with Crippen molar-refractivity contribution in [3.8, 4) is 11.5 Å². The minimum atomic E-state index is 0.573. The first-order valence-corrected chi connectivity index (χ1v) is 5.74. The molecule has 0 saturated heterocycles. The van der Waals surface area contributed by atoms with Gasteiger partial charge in [-0.25, -0.2) is 0 Å². The fraction of sp³-hybridized carbons (Fsp3) is 0.0769. The summed E-state index contributed by atoms with van der Waals surface area (Å²) in [7, 11) is 0. The lowest BCUT2D eigenvalue weighted by atomic mass is 10.0. The molecule has 0 aliphatic carbocycles. The summed E-state index contributed by atoms with van der Waals surface area (Å²) in [4.78, 5) is 0. The number of benzene rings is 2. The van der Waals surface area contributed by atoms with Gasteiger partial charge in [0.05, 0.1) is 10.0 Å². The lowest BCUT2D eigenvalue weighted by Crippen LogP contribution is -2.03. The molecule has 2 aromatic rings. The molecule has 80 valence electrons. The topological polar surface area (TPSA) is 9.23 Å². The molecular weight excluding hydrogens is 243 g/mol. The number of para-hydroxylation sites is 1. The van der Waals surface area contributed by atoms with E-state index in [1.165, 1.54) is 0 Å². The van der Waals surface area contributed by atoms with E-state index in [9.17, 15) is 0 Å². The highest BCUT2D eigenvalue weighted by Crippen LogP contribution is 2.41. The zero-order valence-corrected chi connectivity index (χ0v) is 9.85. The zero-order chi connectivity index (χ0) is 11.1. The molecule has 3 heteroatoms. The molecule has 0 radical (unpaired) electrons. The van der Waals surface area contributed by atoms with Gasteiger partial charge in [0.1, 0.15) is 11.5 Å². The summed E-state index contributed by atoms with van der Waals surface area (Å²) in [5.74, 6) is 1.70. The Morgan fingerprint density at radius 3 is 2.62 bits per heavy atom. The Hall–Kier alpha value is -1.18. The molecule has 1 aliphatic heterocycles. The van der Waals surface area contributed by atoms with E-state index in [2.05, 4.69) is 0 Å². The van der Waals surface area contributed by atoms with Crippen molar-refractivity contribution < 1.29 is 4.74 Å². The van der Waals surface area contributed by atoms with Crippen LogP contribution < -0.4 is 4.74 Å². The standard InChI is InChI=1S/C13H8Cl2O/c14-10-5-6-12-9(13(10)15)7-8-3-1-2-4-11(8)16-12/h1-6H,7H2. The van der Waals surface area contributed by atoms with E-state index in [1.807, 2.05) is 30.3 Å². The zero-order valence-electron chi connectivity index (χ0n) is 8.34. The second kappa shape index (κ2) is 3.69. The molecule has 1 nitrogen and oxygen atoms in total. The molecule has 0 atom stereocenters. The molecule has 16 heavy (non-hydrogen) atoms. The number of rotatable bonds is 0. The van der Waals surface area contributed by atoms with E-state index in [0.717, 1.165) is 29.0 Å². The van der Waals surface area contributed by atoms with Crippen LogP contribution in [0.5, 0.6) is 11.5 Å². The second-order valence-electron chi connectivity index (χ2n) is 3.72. The van der Waals surface area contributed by atoms with Crippen molar-refractivity contribution in [2.75, 3.05) is 0 Å². The van der Waals surface area contributed by atoms with Gasteiger partial charge >= 0.3 is 0 Å². The van der Waals surface area contributed by atoms with Gasteiger partial charge in [0.2, 0.25) is 0 Å². The van der Waals surface area contributed by atoms with Gasteiger partial charge in [-0.05, 0) is 23.8 Å². The third-order valence-corrected chi connectivity index (χ3v) is 3.56. The van der Waals surface area contributed by atoms with E-state index in [-0.39, 0.29) is 0 Å². The molecule has 0 bridgehead atoms. The summed E-state index contributed by atoms with van der Waals surface area (Å²) in [6.07, 6.45) is 0.769. The van der Waals surface area contributed by atoms with E-state index < -0.39 is 0 Å². The van der Waals surface area contributed by atoms with Crippen LogP contribution in [0.15, 0.2) is 36.4 Å². The lowest BCUT2D eigenvalue weighted by molar-refractivity contribution is 0.460. The summed E-state index contributed by atoms with van der Waals surface area (Å²) < 4.78 is 5.77. The summed E-state index contributed by atoms with van der Waals surface area (Å²) >= 11 is 12.2. The molecule has 0 unspecified atom stereocenters. The molecule has 2 aromatic carbocycles. The lowest BCUT2D eigenvalue weighted by Gasteiger charge is -2.21. The normalized spacial score (nSPS) is 12.6. The van der Waals surface area contributed by atoms with Gasteiger partial charge in [0, 0.05) is 12.0 Å². The number of fused-ring (bicyclic) bond motifs is 2. The Labute approximate surface area is 104 Å². The Morgan fingerprint density at radius 2 is 1.75 bits per heavy atom. The summed E-state index contributed by atoms with van der Waals surface area (Å²) in [6, 6.07) is 11.6. The van der Waals surface area contributed by atoms with Crippen LogP contribution in [0, 0.1) is 0 Å². The van der Waals surface area contributed by atoms with Gasteiger partial charge < -0.3 is 4.74 Å². The largest absolute Gasteiger partial charge is 0.457 e. The summed E-state index contributed by atoms with van der Waals surface area (Å²) in [6.45, 7) is 0. The Bertz CT molecular complexity index is 564. The van der Waals surface area contributed by atoms with Crippen molar-refractivity contribution in [1.82, 2.24) is 0 Å². The molecule has 0 fully saturated rings. The van der Waals surface area contributed by atoms with Crippen LogP contribution in [0.25, 0.3) is 0 Å². The molecule has 1 heterocycles. The van der Waals surface area contributed by atoms with Gasteiger partial charge in [0.15, 0.2) is 0 Å². The Kier molecular flexibility index (Phi) is 2.31. The predicted molar refractivity (Wildman–Crippen MR) is 65.8 cm³/mol. The SMILES string of the molecule is Clc1ccc2c(c1Cl)Cc1ccccc1O2. The number of halogens is 2. The molecule has 0 amide bonds. The van der Waals surface area contributed by atoms with Crippen LogP contribution in [-0.2, 0) is 6.42 Å². The van der Waals surface area contributed by atoms with Crippen LogP contribution in [0.2, 0.25) is 10.0 Å². The third-order valence-electron chi connectivity index (χ3n) is 2.71. The van der Waals surface area contributed by atoms with Crippen molar-refractivity contribution in [1.29, 1.82) is 0 Å². The first kappa shape index (κ1) is 10.0. The van der Waals surface area contributed by atoms with Crippen LogP contribution in [0.3, 0.4) is 0 Å². The maximum Gasteiger partial charge on any atom is 0.132 e. The Balaban J connectivity index is 2.16. The third kappa shape index (κ3) is 1.48. The molecule has 0 N–H and O–H groups in total. The average Bonchev–Trinajstić information content (AvgIpc) is 2.32. The maximum atomic E-state index is 6.17. The minimum Gasteiger partial charge on any atom is -0.457 e. The Morgan fingerprint density at radius 1 is 0.938 bits per heavy atom. The van der Waals surface area contributed by atoms with Crippen LogP contribution in [0.1, 0.15) is 11.1 Å². The van der Waals surface area contributed by atoms with Crippen LogP contribution in [-0.4, -0.2) is 0 Å². The monoisotopic (exact) mass is 250 g/mol. The van der Waals surface area contributed by atoms with E-state index >= 15 is 0 Å². The first-order valence-electron chi connectivity index (χ1n) is 4.98. The van der Waals surface area contributed by atoms with E-state index in [4.69, 9.17) is 27.9 Å². The van der Waals surface area contributed by atoms with Gasteiger partial charge in [-0.15, -0.1) is 0 Å². The molecule has 0 saturated carbocycles. The number of hydrogen-bond acceptors (Lipinski definition) is 1. The fourth-order valence-electron chi connectivity index (χ4n) is 1.89. The number of ether oxygens (including phenoxy) is 1. The fourth-order valence-corrected chi connectivity index (χ4v) is 2.29. The van der Waals surface area contributed by atoms with Crippen molar-refractivity contribution in [2.45, 2.75) is 6.42 Å². The second-order valence-corrected chi connectivity index (χ2v) is 4.51. The smallest absolute Gasteiger partial charge is 0.132 e. The van der Waals surface area contributed by atoms with E-state index in [1.54, 1.807) is 6.07 Å². The maximum absolute atomic E-state index is 6.17. The van der Waals surface area contributed by atoms with Crippen LogP contribution in [0.4, 0.5) is 0 Å². The molecule has 0 spiro atoms. The number of hydrogen-bond donors (Lipinski definition) is 0. The van der Waals surface area contributed by atoms with Crippen molar-refractivity contribution in [2.24, 2.45) is 0 Å². The predicted octanol–water partition coefficient (Wildman–Crippen LogP) is 4.69. The highest BCUT2D eigenvalue weighted by atomic mass is 35.5. The highest BCUT2D eigenvalue weighted by molar-refractivity contribution is 6.42. The molecule has 1 aliphatic rings. The van der Waals surface area contributed by atoms with Gasteiger partial charge in [-0.1, -0.05) is 41.4 Å². The van der Waals surface area contributed by atoms with Crippen molar-refractivity contribution in [3.63, 3.8) is 0 Å². The van der Waals surface area contributed by atoms with E-state index in [0.29, 0.717) is 10.0 Å². The minimum absolute atomic E-state index is 0.573. The first-order chi connectivity index (χ1) is 7.75. The quantitative estimate of drug-likeness (QED) is 0.563.